The highest BCUT2D eigenvalue weighted by Gasteiger charge is 2.22. The minimum Gasteiger partial charge on any atom is -0.507 e. The first-order valence-electron chi connectivity index (χ1n) is 5.44. The number of carbonyl (C=O) groups is 1. The molecule has 3 rings (SSSR count). The lowest BCUT2D eigenvalue weighted by Crippen LogP contribution is -1.97. The Hall–Kier alpha value is -2.36. The Labute approximate surface area is 102 Å². The molecule has 0 radical (unpaired) electrons. The Bertz CT molecular complexity index is 677. The van der Waals surface area contributed by atoms with Crippen molar-refractivity contribution in [3.8, 4) is 16.9 Å². The zero-order valence-corrected chi connectivity index (χ0v) is 9.27. The van der Waals surface area contributed by atoms with Gasteiger partial charge in [0.25, 0.3) is 0 Å². The van der Waals surface area contributed by atoms with Crippen LogP contribution in [0.1, 0.15) is 21.5 Å². The third kappa shape index (κ3) is 1.46. The number of aromatic carboxylic acids is 1. The zero-order chi connectivity index (χ0) is 12.9. The zero-order valence-electron chi connectivity index (χ0n) is 9.27. The molecule has 18 heavy (non-hydrogen) atoms. The second-order valence-electron chi connectivity index (χ2n) is 4.31. The molecule has 0 saturated carbocycles. The van der Waals surface area contributed by atoms with Gasteiger partial charge in [-0.1, -0.05) is 6.07 Å². The summed E-state index contributed by atoms with van der Waals surface area (Å²) in [6, 6.07) is 7.30. The largest absolute Gasteiger partial charge is 0.507 e. The molecule has 0 unspecified atom stereocenters. The smallest absolute Gasteiger partial charge is 0.339 e. The highest BCUT2D eigenvalue weighted by Crippen LogP contribution is 2.39. The summed E-state index contributed by atoms with van der Waals surface area (Å²) in [6.45, 7) is 0. The van der Waals surface area contributed by atoms with Gasteiger partial charge in [-0.25, -0.2) is 9.18 Å². The number of fused-ring (bicyclic) bond motifs is 3. The van der Waals surface area contributed by atoms with Crippen LogP contribution in [0.25, 0.3) is 11.1 Å². The first-order valence-corrected chi connectivity index (χ1v) is 5.44. The first-order chi connectivity index (χ1) is 8.56. The van der Waals surface area contributed by atoms with Crippen molar-refractivity contribution in [2.45, 2.75) is 6.42 Å². The average molecular weight is 244 g/mol. The summed E-state index contributed by atoms with van der Waals surface area (Å²) in [4.78, 5) is 11.0. The Morgan fingerprint density at radius 3 is 2.56 bits per heavy atom. The quantitative estimate of drug-likeness (QED) is 0.692. The Morgan fingerprint density at radius 2 is 1.83 bits per heavy atom. The number of halogens is 1. The molecule has 0 spiro atoms. The van der Waals surface area contributed by atoms with Crippen molar-refractivity contribution in [2.75, 3.05) is 0 Å². The van der Waals surface area contributed by atoms with Crippen LogP contribution >= 0.6 is 0 Å². The van der Waals surface area contributed by atoms with E-state index in [1.807, 2.05) is 0 Å². The lowest BCUT2D eigenvalue weighted by molar-refractivity contribution is 0.0694. The minimum atomic E-state index is -1.19. The van der Waals surface area contributed by atoms with Gasteiger partial charge in [0.1, 0.15) is 17.1 Å². The van der Waals surface area contributed by atoms with E-state index in [9.17, 15) is 14.3 Å². The van der Waals surface area contributed by atoms with Crippen LogP contribution in [0, 0.1) is 5.82 Å². The lowest BCUT2D eigenvalue weighted by Gasteiger charge is -2.05. The van der Waals surface area contributed by atoms with Gasteiger partial charge in [-0.05, 0) is 52.9 Å². The van der Waals surface area contributed by atoms with E-state index in [0.29, 0.717) is 17.5 Å². The van der Waals surface area contributed by atoms with Crippen molar-refractivity contribution in [1.29, 1.82) is 0 Å². The standard InChI is InChI=1S/C14H9FO3/c15-9-2-1-7-3-8-4-13(16)12(14(17)18)6-11(8)10(7)5-9/h1-2,4-6,16H,3H2,(H,17,18). The summed E-state index contributed by atoms with van der Waals surface area (Å²) in [7, 11) is 0. The van der Waals surface area contributed by atoms with Crippen molar-refractivity contribution < 1.29 is 19.4 Å². The summed E-state index contributed by atoms with van der Waals surface area (Å²) in [6.07, 6.45) is 0.582. The molecule has 2 aromatic carbocycles. The molecule has 90 valence electrons. The molecule has 2 N–H and O–H groups in total. The number of hydrogen-bond donors (Lipinski definition) is 2. The van der Waals surface area contributed by atoms with Crippen molar-refractivity contribution in [2.24, 2.45) is 0 Å². The van der Waals surface area contributed by atoms with E-state index in [2.05, 4.69) is 0 Å². The van der Waals surface area contributed by atoms with Crippen LogP contribution in [0.15, 0.2) is 30.3 Å². The van der Waals surface area contributed by atoms with E-state index in [4.69, 9.17) is 5.11 Å². The van der Waals surface area contributed by atoms with Crippen molar-refractivity contribution in [3.05, 3.63) is 52.8 Å². The highest BCUT2D eigenvalue weighted by atomic mass is 19.1. The molecule has 0 saturated heterocycles. The van der Waals surface area contributed by atoms with Gasteiger partial charge in [-0.2, -0.15) is 0 Å². The van der Waals surface area contributed by atoms with Crippen LogP contribution in [-0.2, 0) is 6.42 Å². The Kier molecular flexibility index (Phi) is 2.13. The fraction of sp³-hybridized carbons (Fsp3) is 0.0714. The van der Waals surface area contributed by atoms with Crippen LogP contribution in [0.4, 0.5) is 4.39 Å². The molecule has 1 aliphatic rings. The molecular formula is C14H9FO3. The summed E-state index contributed by atoms with van der Waals surface area (Å²) in [5.41, 5.74) is 2.98. The topological polar surface area (TPSA) is 57.5 Å². The predicted molar refractivity (Wildman–Crippen MR) is 63.3 cm³/mol. The molecule has 1 aliphatic carbocycles. The van der Waals surface area contributed by atoms with E-state index in [1.54, 1.807) is 6.07 Å². The normalized spacial score (nSPS) is 12.1. The fourth-order valence-corrected chi connectivity index (χ4v) is 2.36. The molecule has 0 atom stereocenters. The molecule has 4 heteroatoms. The van der Waals surface area contributed by atoms with Gasteiger partial charge >= 0.3 is 5.97 Å². The summed E-state index contributed by atoms with van der Waals surface area (Å²) in [5.74, 6) is -1.80. The molecule has 0 aliphatic heterocycles. The fourth-order valence-electron chi connectivity index (χ4n) is 2.36. The van der Waals surface area contributed by atoms with Crippen LogP contribution in [0.2, 0.25) is 0 Å². The lowest BCUT2D eigenvalue weighted by atomic mass is 10.0. The predicted octanol–water partition coefficient (Wildman–Crippen LogP) is 2.80. The van der Waals surface area contributed by atoms with Crippen LogP contribution in [0.3, 0.4) is 0 Å². The molecule has 3 nitrogen and oxygen atoms in total. The number of carboxylic acids is 1. The van der Waals surface area contributed by atoms with Gasteiger partial charge < -0.3 is 10.2 Å². The van der Waals surface area contributed by atoms with Gasteiger partial charge in [-0.3, -0.25) is 0 Å². The van der Waals surface area contributed by atoms with Gasteiger partial charge in [0, 0.05) is 0 Å². The third-order valence-electron chi connectivity index (χ3n) is 3.19. The maximum Gasteiger partial charge on any atom is 0.339 e. The third-order valence-corrected chi connectivity index (χ3v) is 3.19. The van der Waals surface area contributed by atoms with E-state index >= 15 is 0 Å². The van der Waals surface area contributed by atoms with Gasteiger partial charge in [0.15, 0.2) is 0 Å². The summed E-state index contributed by atoms with van der Waals surface area (Å²) < 4.78 is 13.2. The van der Waals surface area contributed by atoms with E-state index in [-0.39, 0.29) is 17.1 Å². The average Bonchev–Trinajstić information content (AvgIpc) is 2.64. The van der Waals surface area contributed by atoms with Crippen molar-refractivity contribution >= 4 is 5.97 Å². The monoisotopic (exact) mass is 244 g/mol. The number of phenols is 1. The van der Waals surface area contributed by atoms with Gasteiger partial charge in [0.05, 0.1) is 0 Å². The van der Waals surface area contributed by atoms with E-state index < -0.39 is 5.97 Å². The van der Waals surface area contributed by atoms with E-state index in [0.717, 1.165) is 11.1 Å². The first kappa shape index (κ1) is 10.8. The Morgan fingerprint density at radius 1 is 1.11 bits per heavy atom. The van der Waals surface area contributed by atoms with Gasteiger partial charge in [-0.15, -0.1) is 0 Å². The SMILES string of the molecule is O=C(O)c1cc2c(cc1O)Cc1ccc(F)cc1-2. The number of rotatable bonds is 1. The van der Waals surface area contributed by atoms with Crippen molar-refractivity contribution in [3.63, 3.8) is 0 Å². The van der Waals surface area contributed by atoms with Crippen molar-refractivity contribution in [1.82, 2.24) is 0 Å². The molecule has 0 bridgehead atoms. The Balaban J connectivity index is 2.26. The maximum atomic E-state index is 13.2. The molecule has 0 fully saturated rings. The maximum absolute atomic E-state index is 13.2. The molecular weight excluding hydrogens is 235 g/mol. The van der Waals surface area contributed by atoms with Gasteiger partial charge in [0.2, 0.25) is 0 Å². The molecule has 0 heterocycles. The highest BCUT2D eigenvalue weighted by molar-refractivity contribution is 5.94. The minimum absolute atomic E-state index is 0.161. The van der Waals surface area contributed by atoms with Crippen LogP contribution < -0.4 is 0 Å². The van der Waals surface area contributed by atoms with Crippen LogP contribution in [-0.4, -0.2) is 16.2 Å². The molecule has 0 aromatic heterocycles. The number of hydrogen-bond acceptors (Lipinski definition) is 2. The number of carboxylic acid groups (broad SMARTS) is 1. The van der Waals surface area contributed by atoms with E-state index in [1.165, 1.54) is 24.3 Å². The molecule has 2 aromatic rings. The number of benzene rings is 2. The summed E-state index contributed by atoms with van der Waals surface area (Å²) >= 11 is 0. The summed E-state index contributed by atoms with van der Waals surface area (Å²) in [5, 5.41) is 18.6. The second kappa shape index (κ2) is 3.57. The molecule has 0 amide bonds. The van der Waals surface area contributed by atoms with Crippen LogP contribution in [0.5, 0.6) is 5.75 Å². The second-order valence-corrected chi connectivity index (χ2v) is 4.31. The number of aromatic hydroxyl groups is 1.